The number of rotatable bonds is 7. The van der Waals surface area contributed by atoms with Crippen molar-refractivity contribution in [3.63, 3.8) is 0 Å². The molecule has 0 bridgehead atoms. The number of nitrogens with one attached hydrogen (secondary N) is 1. The van der Waals surface area contributed by atoms with Gasteiger partial charge in [-0.3, -0.25) is 4.98 Å². The van der Waals surface area contributed by atoms with E-state index in [0.717, 1.165) is 11.1 Å². The third kappa shape index (κ3) is 5.62. The lowest BCUT2D eigenvalue weighted by atomic mass is 9.73. The molecule has 1 unspecified atom stereocenters. The van der Waals surface area contributed by atoms with Crippen LogP contribution in [0.1, 0.15) is 55.9 Å². The van der Waals surface area contributed by atoms with Crippen LogP contribution in [0.2, 0.25) is 0 Å². The Morgan fingerprint density at radius 3 is 2.49 bits per heavy atom. The number of carbonyl (C=O) groups excluding carboxylic acids is 1. The van der Waals surface area contributed by atoms with Crippen LogP contribution < -0.4 is 10.4 Å². The smallest absolute Gasteiger partial charge is 0.264 e. The Labute approximate surface area is 202 Å². The molecule has 7 nitrogen and oxygen atoms in total. The van der Waals surface area contributed by atoms with Crippen LogP contribution in [-0.2, 0) is 10.4 Å². The van der Waals surface area contributed by atoms with Crippen molar-refractivity contribution < 1.29 is 23.8 Å². The van der Waals surface area contributed by atoms with Crippen LogP contribution in [-0.4, -0.2) is 26.0 Å². The largest absolute Gasteiger partial charge is 0.550 e. The molecule has 0 amide bonds. The summed E-state index contributed by atoms with van der Waals surface area (Å²) < 4.78 is 26.0. The molecule has 1 aliphatic rings. The number of alkyl halides is 2. The van der Waals surface area contributed by atoms with E-state index in [1.807, 2.05) is 19.1 Å². The molecular weight excluding hydrogens is 454 g/mol. The fourth-order valence-electron chi connectivity index (χ4n) is 4.61. The molecule has 1 saturated carbocycles. The number of halogens is 2. The first-order valence-corrected chi connectivity index (χ1v) is 11.5. The molecule has 0 aliphatic heterocycles. The maximum atomic E-state index is 13.0. The number of anilines is 2. The Hall–Kier alpha value is -3.46. The third-order valence-electron chi connectivity index (χ3n) is 6.70. The van der Waals surface area contributed by atoms with E-state index in [1.165, 1.54) is 18.3 Å². The van der Waals surface area contributed by atoms with Gasteiger partial charge in [0.1, 0.15) is 17.2 Å². The summed E-state index contributed by atoms with van der Waals surface area (Å²) in [5.41, 5.74) is 1.46. The maximum Gasteiger partial charge on any atom is 0.264 e. The normalized spacial score (nSPS) is 19.8. The van der Waals surface area contributed by atoms with Gasteiger partial charge in [-0.2, -0.15) is 0 Å². The number of carboxylic acid groups (broad SMARTS) is 1. The van der Waals surface area contributed by atoms with Gasteiger partial charge in [0.15, 0.2) is 0 Å². The van der Waals surface area contributed by atoms with Gasteiger partial charge < -0.3 is 20.3 Å². The predicted octanol–water partition coefficient (Wildman–Crippen LogP) is 4.29. The van der Waals surface area contributed by atoms with Crippen LogP contribution in [0.3, 0.4) is 0 Å². The van der Waals surface area contributed by atoms with Gasteiger partial charge in [-0.1, -0.05) is 0 Å². The van der Waals surface area contributed by atoms with E-state index in [2.05, 4.69) is 20.3 Å². The van der Waals surface area contributed by atoms with Crippen LogP contribution >= 0.6 is 0 Å². The highest BCUT2D eigenvalue weighted by molar-refractivity contribution is 5.67. The van der Waals surface area contributed by atoms with Gasteiger partial charge in [0.25, 0.3) is 6.43 Å². The fourth-order valence-corrected chi connectivity index (χ4v) is 4.61. The fraction of sp³-hybridized carbons (Fsp3) is 0.385. The van der Waals surface area contributed by atoms with Crippen LogP contribution in [0.4, 0.5) is 20.4 Å². The van der Waals surface area contributed by atoms with Crippen molar-refractivity contribution in [2.45, 2.75) is 51.6 Å². The van der Waals surface area contributed by atoms with E-state index in [4.69, 9.17) is 0 Å². The first kappa shape index (κ1) is 24.7. The number of aromatic nitrogens is 3. The van der Waals surface area contributed by atoms with Crippen LogP contribution in [0.15, 0.2) is 48.8 Å². The number of aryl methyl sites for hydroxylation is 1. The maximum absolute atomic E-state index is 13.0. The zero-order valence-electron chi connectivity index (χ0n) is 19.5. The molecule has 2 N–H and O–H groups in total. The standard InChI is InChI=1S/C26H28F2N4O3/c1-15-11-20(31-23(12-15)32-22-13-17(24(27)28)9-10-29-22)18-5-8-21(30-14-18)26(2,35)19-6-3-16(4-7-19)25(33)34/h5,8-14,16,19,24,35H,3-4,6-7H2,1-2H3,(H,33,34)(H,29,31,32)/p-1. The van der Waals surface area contributed by atoms with E-state index in [9.17, 15) is 23.8 Å². The lowest BCUT2D eigenvalue weighted by molar-refractivity contribution is -0.313. The lowest BCUT2D eigenvalue weighted by Gasteiger charge is -2.38. The molecule has 35 heavy (non-hydrogen) atoms. The summed E-state index contributed by atoms with van der Waals surface area (Å²) in [7, 11) is 0. The van der Waals surface area contributed by atoms with Gasteiger partial charge in [0, 0.05) is 29.5 Å². The van der Waals surface area contributed by atoms with Gasteiger partial charge in [-0.25, -0.2) is 18.7 Å². The van der Waals surface area contributed by atoms with Gasteiger partial charge in [0.05, 0.1) is 11.4 Å². The van der Waals surface area contributed by atoms with Crippen LogP contribution in [0, 0.1) is 18.8 Å². The molecule has 0 spiro atoms. The lowest BCUT2D eigenvalue weighted by Crippen LogP contribution is -2.39. The van der Waals surface area contributed by atoms with E-state index in [0.29, 0.717) is 42.9 Å². The molecule has 184 valence electrons. The van der Waals surface area contributed by atoms with Crippen molar-refractivity contribution in [1.29, 1.82) is 0 Å². The number of hydrogen-bond donors (Lipinski definition) is 2. The number of carboxylic acids is 1. The molecule has 0 radical (unpaired) electrons. The van der Waals surface area contributed by atoms with Crippen molar-refractivity contribution in [2.24, 2.45) is 11.8 Å². The first-order valence-electron chi connectivity index (χ1n) is 11.5. The quantitative estimate of drug-likeness (QED) is 0.518. The van der Waals surface area contributed by atoms with Gasteiger partial charge in [0.2, 0.25) is 0 Å². The zero-order chi connectivity index (χ0) is 25.2. The minimum atomic E-state index is -2.59. The number of hydrogen-bond acceptors (Lipinski definition) is 7. The Morgan fingerprint density at radius 2 is 1.86 bits per heavy atom. The molecule has 3 aromatic heterocycles. The van der Waals surface area contributed by atoms with Crippen molar-refractivity contribution >= 4 is 17.6 Å². The summed E-state index contributed by atoms with van der Waals surface area (Å²) >= 11 is 0. The molecule has 1 atom stereocenters. The second kappa shape index (κ2) is 10.0. The van der Waals surface area contributed by atoms with Crippen LogP contribution in [0.25, 0.3) is 11.3 Å². The van der Waals surface area contributed by atoms with Crippen molar-refractivity contribution in [1.82, 2.24) is 15.0 Å². The van der Waals surface area contributed by atoms with E-state index in [1.54, 1.807) is 25.3 Å². The Balaban J connectivity index is 1.52. The molecule has 0 saturated heterocycles. The van der Waals surface area contributed by atoms with E-state index < -0.39 is 23.9 Å². The summed E-state index contributed by atoms with van der Waals surface area (Å²) in [5.74, 6) is -0.853. The van der Waals surface area contributed by atoms with Crippen molar-refractivity contribution in [3.05, 3.63) is 65.6 Å². The Kier molecular flexibility index (Phi) is 7.07. The average molecular weight is 482 g/mol. The molecular formula is C26H27F2N4O3-. The monoisotopic (exact) mass is 481 g/mol. The van der Waals surface area contributed by atoms with Gasteiger partial charge in [-0.05, 0) is 93.3 Å². The number of pyridine rings is 3. The molecule has 4 rings (SSSR count). The number of aliphatic carboxylic acids is 1. The third-order valence-corrected chi connectivity index (χ3v) is 6.70. The first-order chi connectivity index (χ1) is 16.6. The number of nitrogens with zero attached hydrogens (tertiary/aromatic N) is 3. The Bertz CT molecular complexity index is 1190. The van der Waals surface area contributed by atoms with Crippen molar-refractivity contribution in [2.75, 3.05) is 5.32 Å². The summed E-state index contributed by atoms with van der Waals surface area (Å²) in [5, 5.41) is 25.3. The molecule has 1 fully saturated rings. The molecule has 3 aromatic rings. The van der Waals surface area contributed by atoms with Gasteiger partial charge in [-0.15, -0.1) is 0 Å². The molecule has 9 heteroatoms. The summed E-state index contributed by atoms with van der Waals surface area (Å²) in [4.78, 5) is 24.3. The van der Waals surface area contributed by atoms with Crippen molar-refractivity contribution in [3.8, 4) is 11.3 Å². The second-order valence-corrected chi connectivity index (χ2v) is 9.26. The number of aliphatic hydroxyl groups is 1. The highest BCUT2D eigenvalue weighted by Crippen LogP contribution is 2.40. The van der Waals surface area contributed by atoms with E-state index in [-0.39, 0.29) is 17.3 Å². The van der Waals surface area contributed by atoms with Crippen LogP contribution in [0.5, 0.6) is 0 Å². The molecule has 3 heterocycles. The minimum absolute atomic E-state index is 0.0964. The predicted molar refractivity (Wildman–Crippen MR) is 125 cm³/mol. The topological polar surface area (TPSA) is 111 Å². The summed E-state index contributed by atoms with van der Waals surface area (Å²) in [6, 6.07) is 9.80. The molecule has 1 aliphatic carbocycles. The average Bonchev–Trinajstić information content (AvgIpc) is 2.84. The highest BCUT2D eigenvalue weighted by atomic mass is 19.3. The van der Waals surface area contributed by atoms with E-state index >= 15 is 0 Å². The van der Waals surface area contributed by atoms with Gasteiger partial charge >= 0.3 is 0 Å². The summed E-state index contributed by atoms with van der Waals surface area (Å²) in [6.45, 7) is 3.61. The Morgan fingerprint density at radius 1 is 1.11 bits per heavy atom. The second-order valence-electron chi connectivity index (χ2n) is 9.26. The SMILES string of the molecule is Cc1cc(Nc2cc(C(F)F)ccn2)nc(-c2ccc(C(C)(O)C3CCC(C(=O)[O-])CC3)nc2)c1. The minimum Gasteiger partial charge on any atom is -0.550 e. The zero-order valence-corrected chi connectivity index (χ0v) is 19.5. The number of carbonyl (C=O) groups is 1. The summed E-state index contributed by atoms with van der Waals surface area (Å²) in [6.07, 6.45) is 2.51. The highest BCUT2D eigenvalue weighted by Gasteiger charge is 2.37. The molecule has 0 aromatic carbocycles.